The average Bonchev–Trinajstić information content (AvgIpc) is 3.22. The number of carbonyl (C=O) groups is 1. The molecule has 1 saturated carbocycles. The molecular weight excluding hydrogens is 290 g/mol. The molecule has 116 valence electrons. The van der Waals surface area contributed by atoms with Gasteiger partial charge in [0.2, 0.25) is 0 Å². The summed E-state index contributed by atoms with van der Waals surface area (Å²) in [6.45, 7) is 6.60. The molecule has 0 saturated heterocycles. The van der Waals surface area contributed by atoms with Gasteiger partial charge in [0.15, 0.2) is 0 Å². The lowest BCUT2D eigenvalue weighted by Gasteiger charge is -2.22. The normalized spacial score (nSPS) is 14.9. The molecule has 3 rings (SSSR count). The lowest BCUT2D eigenvalue weighted by molar-refractivity contribution is 0.0996. The molecule has 1 aliphatic rings. The van der Waals surface area contributed by atoms with Crippen molar-refractivity contribution in [3.05, 3.63) is 51.7 Å². The lowest BCUT2D eigenvalue weighted by Crippen LogP contribution is -2.26. The zero-order valence-electron chi connectivity index (χ0n) is 13.7. The highest BCUT2D eigenvalue weighted by Crippen LogP contribution is 2.43. The average molecular weight is 313 g/mol. The molecule has 0 N–H and O–H groups in total. The number of amides is 1. The Labute approximate surface area is 136 Å². The van der Waals surface area contributed by atoms with Crippen molar-refractivity contribution in [1.29, 1.82) is 0 Å². The maximum Gasteiger partial charge on any atom is 0.268 e. The molecule has 22 heavy (non-hydrogen) atoms. The van der Waals surface area contributed by atoms with E-state index in [2.05, 4.69) is 39.0 Å². The third-order valence-corrected chi connectivity index (χ3v) is 5.25. The summed E-state index contributed by atoms with van der Waals surface area (Å²) in [5.41, 5.74) is 3.61. The lowest BCUT2D eigenvalue weighted by atomic mass is 9.87. The van der Waals surface area contributed by atoms with Crippen LogP contribution in [0.3, 0.4) is 0 Å². The zero-order valence-corrected chi connectivity index (χ0v) is 14.5. The monoisotopic (exact) mass is 313 g/mol. The summed E-state index contributed by atoms with van der Waals surface area (Å²) in [5, 5.41) is 2.04. The third-order valence-electron chi connectivity index (χ3n) is 4.33. The van der Waals surface area contributed by atoms with Crippen molar-refractivity contribution in [2.75, 3.05) is 11.9 Å². The molecule has 3 heteroatoms. The number of carbonyl (C=O) groups excluding carboxylic acids is 1. The van der Waals surface area contributed by atoms with Gasteiger partial charge >= 0.3 is 0 Å². The molecule has 1 amide bonds. The summed E-state index contributed by atoms with van der Waals surface area (Å²) >= 11 is 1.57. The molecule has 1 aromatic heterocycles. The van der Waals surface area contributed by atoms with Crippen molar-refractivity contribution in [3.63, 3.8) is 0 Å². The number of benzene rings is 1. The quantitative estimate of drug-likeness (QED) is 0.762. The van der Waals surface area contributed by atoms with Gasteiger partial charge in [-0.05, 0) is 58.9 Å². The molecule has 2 nitrogen and oxygen atoms in total. The first-order valence-corrected chi connectivity index (χ1v) is 8.72. The van der Waals surface area contributed by atoms with Gasteiger partial charge in [-0.1, -0.05) is 32.9 Å². The first-order valence-electron chi connectivity index (χ1n) is 7.84. The maximum atomic E-state index is 12.8. The van der Waals surface area contributed by atoms with E-state index in [1.807, 2.05) is 24.6 Å². The number of hydrogen-bond acceptors (Lipinski definition) is 2. The van der Waals surface area contributed by atoms with E-state index in [-0.39, 0.29) is 11.3 Å². The van der Waals surface area contributed by atoms with Crippen LogP contribution < -0.4 is 4.90 Å². The SMILES string of the molecule is CN(C(=O)c1sccc1C1CC1)c1ccc(C(C)(C)C)cc1. The van der Waals surface area contributed by atoms with Crippen LogP contribution in [0.15, 0.2) is 35.7 Å². The van der Waals surface area contributed by atoms with Gasteiger partial charge in [0.25, 0.3) is 5.91 Å². The van der Waals surface area contributed by atoms with Gasteiger partial charge < -0.3 is 4.90 Å². The van der Waals surface area contributed by atoms with Crippen molar-refractivity contribution >= 4 is 22.9 Å². The molecule has 1 aromatic carbocycles. The Bertz CT molecular complexity index is 674. The molecule has 0 aliphatic heterocycles. The van der Waals surface area contributed by atoms with Crippen molar-refractivity contribution in [2.24, 2.45) is 0 Å². The van der Waals surface area contributed by atoms with Gasteiger partial charge in [0.1, 0.15) is 0 Å². The Morgan fingerprint density at radius 3 is 2.32 bits per heavy atom. The second-order valence-electron chi connectivity index (χ2n) is 7.14. The number of nitrogens with zero attached hydrogens (tertiary/aromatic N) is 1. The minimum atomic E-state index is 0.111. The summed E-state index contributed by atoms with van der Waals surface area (Å²) < 4.78 is 0. The van der Waals surface area contributed by atoms with E-state index in [9.17, 15) is 4.79 Å². The van der Waals surface area contributed by atoms with Crippen LogP contribution in [0.5, 0.6) is 0 Å². The van der Waals surface area contributed by atoms with Crippen LogP contribution in [0.4, 0.5) is 5.69 Å². The van der Waals surface area contributed by atoms with Crippen molar-refractivity contribution in [3.8, 4) is 0 Å². The second-order valence-corrected chi connectivity index (χ2v) is 8.06. The molecule has 1 fully saturated rings. The molecule has 0 atom stereocenters. The van der Waals surface area contributed by atoms with Crippen LogP contribution in [0, 0.1) is 0 Å². The minimum absolute atomic E-state index is 0.111. The molecule has 0 radical (unpaired) electrons. The number of rotatable bonds is 3. The van der Waals surface area contributed by atoms with Gasteiger partial charge in [-0.25, -0.2) is 0 Å². The van der Waals surface area contributed by atoms with Crippen LogP contribution >= 0.6 is 11.3 Å². The van der Waals surface area contributed by atoms with Crippen LogP contribution in [0.1, 0.15) is 60.3 Å². The predicted molar refractivity (Wildman–Crippen MR) is 94.2 cm³/mol. The summed E-state index contributed by atoms with van der Waals surface area (Å²) in [4.78, 5) is 15.5. The molecule has 0 unspecified atom stereocenters. The minimum Gasteiger partial charge on any atom is -0.311 e. The Morgan fingerprint density at radius 1 is 1.14 bits per heavy atom. The Balaban J connectivity index is 1.82. The molecular formula is C19H23NOS. The molecule has 1 aliphatic carbocycles. The predicted octanol–water partition coefficient (Wildman–Crippen LogP) is 5.20. The fourth-order valence-corrected chi connectivity index (χ4v) is 3.62. The van der Waals surface area contributed by atoms with E-state index in [0.717, 1.165) is 10.6 Å². The van der Waals surface area contributed by atoms with Crippen LogP contribution in [-0.4, -0.2) is 13.0 Å². The summed E-state index contributed by atoms with van der Waals surface area (Å²) in [5.74, 6) is 0.724. The van der Waals surface area contributed by atoms with E-state index in [0.29, 0.717) is 5.92 Å². The largest absolute Gasteiger partial charge is 0.311 e. The smallest absolute Gasteiger partial charge is 0.268 e. The van der Waals surface area contributed by atoms with Gasteiger partial charge in [0, 0.05) is 12.7 Å². The van der Waals surface area contributed by atoms with Crippen molar-refractivity contribution in [2.45, 2.75) is 44.9 Å². The first kappa shape index (κ1) is 15.3. The number of thiophene rings is 1. The maximum absolute atomic E-state index is 12.8. The summed E-state index contributed by atoms with van der Waals surface area (Å²) in [7, 11) is 1.87. The van der Waals surface area contributed by atoms with Gasteiger partial charge in [-0.2, -0.15) is 0 Å². The van der Waals surface area contributed by atoms with Gasteiger partial charge in [-0.15, -0.1) is 11.3 Å². The zero-order chi connectivity index (χ0) is 15.9. The second kappa shape index (κ2) is 5.54. The van der Waals surface area contributed by atoms with Crippen LogP contribution in [-0.2, 0) is 5.41 Å². The molecule has 0 spiro atoms. The van der Waals surface area contributed by atoms with Crippen molar-refractivity contribution in [1.82, 2.24) is 0 Å². The standard InChI is InChI=1S/C19H23NOS/c1-19(2,3)14-7-9-15(10-8-14)20(4)18(21)17-16(11-12-22-17)13-5-6-13/h7-13H,5-6H2,1-4H3. The van der Waals surface area contributed by atoms with E-state index in [1.165, 1.54) is 24.0 Å². The fourth-order valence-electron chi connectivity index (χ4n) is 2.66. The highest BCUT2D eigenvalue weighted by atomic mass is 32.1. The molecule has 1 heterocycles. The van der Waals surface area contributed by atoms with E-state index >= 15 is 0 Å². The van der Waals surface area contributed by atoms with Gasteiger partial charge in [-0.3, -0.25) is 4.79 Å². The Morgan fingerprint density at radius 2 is 1.77 bits per heavy atom. The first-order chi connectivity index (χ1) is 10.4. The van der Waals surface area contributed by atoms with Crippen LogP contribution in [0.25, 0.3) is 0 Å². The molecule has 2 aromatic rings. The summed E-state index contributed by atoms with van der Waals surface area (Å²) in [6, 6.07) is 10.4. The van der Waals surface area contributed by atoms with Gasteiger partial charge in [0.05, 0.1) is 4.88 Å². The van der Waals surface area contributed by atoms with E-state index in [4.69, 9.17) is 0 Å². The molecule has 0 bridgehead atoms. The fraction of sp³-hybridized carbons (Fsp3) is 0.421. The van der Waals surface area contributed by atoms with Crippen molar-refractivity contribution < 1.29 is 4.79 Å². The summed E-state index contributed by atoms with van der Waals surface area (Å²) in [6.07, 6.45) is 2.45. The number of hydrogen-bond donors (Lipinski definition) is 0. The Hall–Kier alpha value is -1.61. The van der Waals surface area contributed by atoms with E-state index < -0.39 is 0 Å². The van der Waals surface area contributed by atoms with E-state index in [1.54, 1.807) is 16.2 Å². The Kier molecular flexibility index (Phi) is 3.85. The highest BCUT2D eigenvalue weighted by molar-refractivity contribution is 7.12. The van der Waals surface area contributed by atoms with Crippen LogP contribution in [0.2, 0.25) is 0 Å². The third kappa shape index (κ3) is 2.95. The highest BCUT2D eigenvalue weighted by Gasteiger charge is 2.30. The topological polar surface area (TPSA) is 20.3 Å². The number of anilines is 1.